The third kappa shape index (κ3) is 4.25. The lowest BCUT2D eigenvalue weighted by Gasteiger charge is -2.16. The fraction of sp³-hybridized carbons (Fsp3) is 0.318. The zero-order chi connectivity index (χ0) is 18.7. The molecule has 3 aromatic rings. The molecule has 26 heavy (non-hydrogen) atoms. The van der Waals surface area contributed by atoms with Crippen LogP contribution < -0.4 is 5.32 Å². The zero-order valence-electron chi connectivity index (χ0n) is 15.9. The van der Waals surface area contributed by atoms with Gasteiger partial charge < -0.3 is 5.32 Å². The molecule has 0 radical (unpaired) electrons. The molecule has 4 heteroatoms. The van der Waals surface area contributed by atoms with Gasteiger partial charge in [-0.2, -0.15) is 5.10 Å². The van der Waals surface area contributed by atoms with E-state index < -0.39 is 0 Å². The molecular weight excluding hydrogens is 386 g/mol. The van der Waals surface area contributed by atoms with Crippen LogP contribution in [-0.4, -0.2) is 9.78 Å². The summed E-state index contributed by atoms with van der Waals surface area (Å²) in [4.78, 5) is 0. The van der Waals surface area contributed by atoms with E-state index in [0.29, 0.717) is 0 Å². The maximum absolute atomic E-state index is 4.76. The normalized spacial score (nSPS) is 12.3. The van der Waals surface area contributed by atoms with Gasteiger partial charge in [0.05, 0.1) is 12.2 Å². The molecule has 3 nitrogen and oxygen atoms in total. The second-order valence-corrected chi connectivity index (χ2v) is 7.77. The van der Waals surface area contributed by atoms with Crippen molar-refractivity contribution >= 4 is 15.9 Å². The van der Waals surface area contributed by atoms with Crippen LogP contribution in [0.4, 0.5) is 0 Å². The molecule has 0 bridgehead atoms. The average molecular weight is 412 g/mol. The number of aromatic nitrogens is 2. The number of aryl methyl sites for hydroxylation is 2. The highest BCUT2D eigenvalue weighted by Crippen LogP contribution is 2.24. The second-order valence-electron chi connectivity index (χ2n) is 6.92. The van der Waals surface area contributed by atoms with Crippen LogP contribution in [0, 0.1) is 20.8 Å². The number of benzene rings is 2. The quantitative estimate of drug-likeness (QED) is 0.582. The van der Waals surface area contributed by atoms with Crippen molar-refractivity contribution in [3.05, 3.63) is 86.6 Å². The molecule has 0 spiro atoms. The third-order valence-electron chi connectivity index (χ3n) is 4.94. The second kappa shape index (κ2) is 8.19. The Bertz CT molecular complexity index is 881. The molecule has 1 atom stereocenters. The predicted molar refractivity (Wildman–Crippen MR) is 111 cm³/mol. The van der Waals surface area contributed by atoms with Crippen LogP contribution in [0.25, 0.3) is 0 Å². The fourth-order valence-electron chi connectivity index (χ4n) is 3.20. The first kappa shape index (κ1) is 18.9. The van der Waals surface area contributed by atoms with E-state index in [9.17, 15) is 0 Å². The minimum Gasteiger partial charge on any atom is -0.306 e. The van der Waals surface area contributed by atoms with Crippen LogP contribution in [0.1, 0.15) is 46.6 Å². The molecule has 0 aliphatic heterocycles. The summed E-state index contributed by atoms with van der Waals surface area (Å²) in [6.07, 6.45) is 0. The van der Waals surface area contributed by atoms with Gasteiger partial charge >= 0.3 is 0 Å². The minimum absolute atomic E-state index is 0.268. The summed E-state index contributed by atoms with van der Waals surface area (Å²) in [7, 11) is 0. The summed E-state index contributed by atoms with van der Waals surface area (Å²) >= 11 is 3.64. The predicted octanol–water partition coefficient (Wildman–Crippen LogP) is 5.47. The van der Waals surface area contributed by atoms with Crippen LogP contribution >= 0.6 is 15.9 Å². The Morgan fingerprint density at radius 2 is 1.73 bits per heavy atom. The highest BCUT2D eigenvalue weighted by Gasteiger charge is 2.14. The average Bonchev–Trinajstić information content (AvgIpc) is 2.88. The van der Waals surface area contributed by atoms with Crippen molar-refractivity contribution in [2.45, 2.75) is 46.8 Å². The maximum atomic E-state index is 4.76. The summed E-state index contributed by atoms with van der Waals surface area (Å²) in [5.74, 6) is 0. The van der Waals surface area contributed by atoms with E-state index in [0.717, 1.165) is 23.3 Å². The van der Waals surface area contributed by atoms with Crippen molar-refractivity contribution < 1.29 is 0 Å². The van der Waals surface area contributed by atoms with Crippen molar-refractivity contribution in [1.82, 2.24) is 15.1 Å². The van der Waals surface area contributed by atoms with E-state index in [1.54, 1.807) is 0 Å². The molecule has 0 fully saturated rings. The summed E-state index contributed by atoms with van der Waals surface area (Å²) in [5, 5.41) is 8.40. The fourth-order valence-corrected chi connectivity index (χ4v) is 3.83. The summed E-state index contributed by atoms with van der Waals surface area (Å²) in [5.41, 5.74) is 7.46. The van der Waals surface area contributed by atoms with E-state index in [2.05, 4.69) is 96.1 Å². The minimum atomic E-state index is 0.268. The van der Waals surface area contributed by atoms with Crippen molar-refractivity contribution in [2.24, 2.45) is 0 Å². The van der Waals surface area contributed by atoms with Gasteiger partial charge in [-0.25, -0.2) is 0 Å². The van der Waals surface area contributed by atoms with E-state index in [4.69, 9.17) is 5.10 Å². The first-order valence-electron chi connectivity index (χ1n) is 9.02. The van der Waals surface area contributed by atoms with Gasteiger partial charge in [-0.05, 0) is 44.9 Å². The summed E-state index contributed by atoms with van der Waals surface area (Å²) < 4.78 is 3.25. The van der Waals surface area contributed by atoms with Crippen molar-refractivity contribution in [1.29, 1.82) is 0 Å². The molecule has 0 saturated heterocycles. The lowest BCUT2D eigenvalue weighted by atomic mass is 10.1. The molecular formula is C22H26BrN3. The highest BCUT2D eigenvalue weighted by molar-refractivity contribution is 9.10. The molecule has 0 unspecified atom stereocenters. The highest BCUT2D eigenvalue weighted by atomic mass is 79.9. The summed E-state index contributed by atoms with van der Waals surface area (Å²) in [6.45, 7) is 10.2. The molecule has 0 amide bonds. The molecule has 136 valence electrons. The molecule has 1 heterocycles. The number of hydrogen-bond acceptors (Lipinski definition) is 2. The Morgan fingerprint density at radius 3 is 2.42 bits per heavy atom. The molecule has 0 aliphatic carbocycles. The third-order valence-corrected chi connectivity index (χ3v) is 5.66. The first-order chi connectivity index (χ1) is 12.5. The van der Waals surface area contributed by atoms with Crippen LogP contribution in [0.3, 0.4) is 0 Å². The molecule has 1 N–H and O–H groups in total. The van der Waals surface area contributed by atoms with Crippen LogP contribution in [0.2, 0.25) is 0 Å². The molecule has 2 aromatic carbocycles. The van der Waals surface area contributed by atoms with Gasteiger partial charge in [-0.3, -0.25) is 4.68 Å². The van der Waals surface area contributed by atoms with Crippen molar-refractivity contribution in [3.8, 4) is 0 Å². The lowest BCUT2D eigenvalue weighted by Crippen LogP contribution is -2.19. The first-order valence-corrected chi connectivity index (χ1v) is 9.81. The Balaban J connectivity index is 1.72. The lowest BCUT2D eigenvalue weighted by molar-refractivity contribution is 0.569. The van der Waals surface area contributed by atoms with E-state index in [1.807, 2.05) is 6.07 Å². The maximum Gasteiger partial charge on any atom is 0.0662 e. The van der Waals surface area contributed by atoms with Gasteiger partial charge in [-0.1, -0.05) is 64.0 Å². The monoisotopic (exact) mass is 411 g/mol. The smallest absolute Gasteiger partial charge is 0.0662 e. The molecule has 1 aromatic heterocycles. The van der Waals surface area contributed by atoms with Gasteiger partial charge in [0.25, 0.3) is 0 Å². The van der Waals surface area contributed by atoms with Crippen LogP contribution in [0.15, 0.2) is 53.0 Å². The topological polar surface area (TPSA) is 29.9 Å². The molecule has 3 rings (SSSR count). The van der Waals surface area contributed by atoms with Crippen molar-refractivity contribution in [2.75, 3.05) is 0 Å². The number of nitrogens with one attached hydrogen (secondary N) is 1. The number of rotatable bonds is 6. The SMILES string of the molecule is Cc1ccc(Cn2nc(C)c(CN[C@H](C)c3ccccc3Br)c2C)cc1. The Morgan fingerprint density at radius 1 is 1.04 bits per heavy atom. The Kier molecular flexibility index (Phi) is 5.94. The van der Waals surface area contributed by atoms with E-state index in [-0.39, 0.29) is 6.04 Å². The van der Waals surface area contributed by atoms with Gasteiger partial charge in [0, 0.05) is 28.3 Å². The Hall–Kier alpha value is -1.91. The standard InChI is InChI=1S/C22H26BrN3/c1-15-9-11-19(12-10-15)14-26-18(4)21(17(3)25-26)13-24-16(2)20-7-5-6-8-22(20)23/h5-12,16,24H,13-14H2,1-4H3/t16-/m1/s1. The number of hydrogen-bond donors (Lipinski definition) is 1. The largest absolute Gasteiger partial charge is 0.306 e. The molecule has 0 aliphatic rings. The summed E-state index contributed by atoms with van der Waals surface area (Å²) in [6, 6.07) is 17.3. The zero-order valence-corrected chi connectivity index (χ0v) is 17.5. The Labute approximate surface area is 164 Å². The van der Waals surface area contributed by atoms with Gasteiger partial charge in [0.15, 0.2) is 0 Å². The van der Waals surface area contributed by atoms with Gasteiger partial charge in [0.2, 0.25) is 0 Å². The van der Waals surface area contributed by atoms with Gasteiger partial charge in [0.1, 0.15) is 0 Å². The van der Waals surface area contributed by atoms with Gasteiger partial charge in [-0.15, -0.1) is 0 Å². The van der Waals surface area contributed by atoms with Crippen LogP contribution in [-0.2, 0) is 13.1 Å². The van der Waals surface area contributed by atoms with Crippen LogP contribution in [0.5, 0.6) is 0 Å². The number of halogens is 1. The molecule has 0 saturated carbocycles. The number of nitrogens with zero attached hydrogens (tertiary/aromatic N) is 2. The van der Waals surface area contributed by atoms with E-state index in [1.165, 1.54) is 27.9 Å². The van der Waals surface area contributed by atoms with E-state index >= 15 is 0 Å². The van der Waals surface area contributed by atoms with Crippen molar-refractivity contribution in [3.63, 3.8) is 0 Å².